The van der Waals surface area contributed by atoms with Gasteiger partial charge in [0, 0.05) is 0 Å². The van der Waals surface area contributed by atoms with Crippen LogP contribution < -0.4 is 0 Å². The maximum atomic E-state index is 10.8. The number of hydrogen-bond acceptors (Lipinski definition) is 2. The highest BCUT2D eigenvalue weighted by molar-refractivity contribution is 6.82. The minimum atomic E-state index is -1.85. The summed E-state index contributed by atoms with van der Waals surface area (Å²) in [4.78, 5) is 10.8. The van der Waals surface area contributed by atoms with Crippen LogP contribution in [0, 0.1) is 6.92 Å². The van der Waals surface area contributed by atoms with Gasteiger partial charge < -0.3 is 5.11 Å². The topological polar surface area (TPSA) is 37.3 Å². The van der Waals surface area contributed by atoms with Crippen LogP contribution >= 0.6 is 0 Å². The van der Waals surface area contributed by atoms with Crippen LogP contribution in [0.2, 0.25) is 19.6 Å². The standard InChI is InChI=1S/C7H15O2Si/c1-6(8)7(2,9)10(3,4)5/h9H,2H2,1,3-5H3. The van der Waals surface area contributed by atoms with E-state index in [1.54, 1.807) is 0 Å². The number of hydrogen-bond donors (Lipinski definition) is 1. The minimum Gasteiger partial charge on any atom is -0.386 e. The number of rotatable bonds is 2. The van der Waals surface area contributed by atoms with Gasteiger partial charge in [-0.3, -0.25) is 4.79 Å². The Balaban J connectivity index is 4.57. The van der Waals surface area contributed by atoms with E-state index in [1.807, 2.05) is 19.6 Å². The third-order valence-electron chi connectivity index (χ3n) is 1.82. The lowest BCUT2D eigenvalue weighted by molar-refractivity contribution is -0.125. The number of carbonyl (C=O) groups excluding carboxylic acids is 1. The molecule has 0 rings (SSSR count). The molecule has 59 valence electrons. The van der Waals surface area contributed by atoms with E-state index in [0.717, 1.165) is 0 Å². The monoisotopic (exact) mass is 159 g/mol. The van der Waals surface area contributed by atoms with E-state index in [2.05, 4.69) is 6.92 Å². The van der Waals surface area contributed by atoms with Crippen molar-refractivity contribution in [1.29, 1.82) is 0 Å². The van der Waals surface area contributed by atoms with Crippen LogP contribution in [-0.2, 0) is 4.79 Å². The molecule has 0 aromatic heterocycles. The Kier molecular flexibility index (Phi) is 2.43. The largest absolute Gasteiger partial charge is 0.386 e. The van der Waals surface area contributed by atoms with Crippen molar-refractivity contribution < 1.29 is 9.90 Å². The first-order valence-corrected chi connectivity index (χ1v) is 6.78. The van der Waals surface area contributed by atoms with Gasteiger partial charge in [-0.15, -0.1) is 0 Å². The molecule has 1 radical (unpaired) electrons. The average molecular weight is 159 g/mol. The molecule has 0 aliphatic carbocycles. The highest BCUT2D eigenvalue weighted by atomic mass is 28.3. The molecular weight excluding hydrogens is 144 g/mol. The molecule has 1 N–H and O–H groups in total. The first-order valence-electron chi connectivity index (χ1n) is 3.28. The van der Waals surface area contributed by atoms with Crippen molar-refractivity contribution in [3.63, 3.8) is 0 Å². The zero-order valence-electron chi connectivity index (χ0n) is 7.06. The molecule has 0 aliphatic heterocycles. The summed E-state index contributed by atoms with van der Waals surface area (Å²) in [6.45, 7) is 10.6. The Morgan fingerprint density at radius 3 is 1.80 bits per heavy atom. The molecule has 1 atom stereocenters. The van der Waals surface area contributed by atoms with Gasteiger partial charge in [0.05, 0.1) is 8.07 Å². The summed E-state index contributed by atoms with van der Waals surface area (Å²) in [5, 5.41) is 8.22. The van der Waals surface area contributed by atoms with Crippen LogP contribution in [0.1, 0.15) is 6.92 Å². The van der Waals surface area contributed by atoms with E-state index in [4.69, 9.17) is 0 Å². The molecule has 0 aliphatic rings. The maximum absolute atomic E-state index is 10.8. The zero-order valence-corrected chi connectivity index (χ0v) is 8.06. The maximum Gasteiger partial charge on any atom is 0.157 e. The second-order valence-electron chi connectivity index (χ2n) is 3.67. The lowest BCUT2D eigenvalue weighted by atomic mass is 10.3. The molecule has 0 saturated heterocycles. The first-order chi connectivity index (χ1) is 4.19. The summed E-state index contributed by atoms with van der Waals surface area (Å²) in [7, 11) is -1.85. The Labute approximate surface area is 63.3 Å². The van der Waals surface area contributed by atoms with Gasteiger partial charge >= 0.3 is 0 Å². The second-order valence-corrected chi connectivity index (χ2v) is 8.99. The summed E-state index contributed by atoms with van der Waals surface area (Å²) >= 11 is 0. The second kappa shape index (κ2) is 2.47. The number of Topliss-reactive ketones (excluding diaryl/α,β-unsaturated/α-hetero) is 1. The van der Waals surface area contributed by atoms with Gasteiger partial charge in [0.25, 0.3) is 0 Å². The Bertz CT molecular complexity index is 144. The van der Waals surface area contributed by atoms with Gasteiger partial charge in [-0.05, 0) is 13.8 Å². The van der Waals surface area contributed by atoms with Crippen molar-refractivity contribution in [3.8, 4) is 0 Å². The van der Waals surface area contributed by atoms with Gasteiger partial charge in [-0.1, -0.05) is 19.6 Å². The fourth-order valence-electron chi connectivity index (χ4n) is 0.528. The van der Waals surface area contributed by atoms with E-state index < -0.39 is 13.3 Å². The van der Waals surface area contributed by atoms with Crippen LogP contribution in [0.3, 0.4) is 0 Å². The predicted molar refractivity (Wildman–Crippen MR) is 44.3 cm³/mol. The van der Waals surface area contributed by atoms with Crippen molar-refractivity contribution in [2.75, 3.05) is 0 Å². The van der Waals surface area contributed by atoms with Crippen molar-refractivity contribution in [2.45, 2.75) is 31.8 Å². The summed E-state index contributed by atoms with van der Waals surface area (Å²) in [6, 6.07) is 0. The first kappa shape index (κ1) is 9.85. The summed E-state index contributed by atoms with van der Waals surface area (Å²) in [5.74, 6) is -0.230. The van der Waals surface area contributed by atoms with E-state index in [1.165, 1.54) is 6.92 Å². The molecule has 0 saturated carbocycles. The summed E-state index contributed by atoms with van der Waals surface area (Å²) in [5.41, 5.74) is 0. The normalized spacial score (nSPS) is 18.2. The molecule has 10 heavy (non-hydrogen) atoms. The quantitative estimate of drug-likeness (QED) is 0.611. The third kappa shape index (κ3) is 1.67. The van der Waals surface area contributed by atoms with Crippen LogP contribution in [0.5, 0.6) is 0 Å². The summed E-state index contributed by atoms with van der Waals surface area (Å²) in [6.07, 6.45) is 0. The molecule has 0 spiro atoms. The third-order valence-corrected chi connectivity index (χ3v) is 4.66. The van der Waals surface area contributed by atoms with Crippen LogP contribution in [0.4, 0.5) is 0 Å². The molecule has 0 amide bonds. The van der Waals surface area contributed by atoms with Gasteiger partial charge in [0.2, 0.25) is 0 Å². The predicted octanol–water partition coefficient (Wildman–Crippen LogP) is 1.02. The Morgan fingerprint density at radius 1 is 1.50 bits per heavy atom. The van der Waals surface area contributed by atoms with Gasteiger partial charge in [0.15, 0.2) is 5.78 Å². The molecule has 1 unspecified atom stereocenters. The average Bonchev–Trinajstić information content (AvgIpc) is 1.62. The van der Waals surface area contributed by atoms with Crippen LogP contribution in [0.25, 0.3) is 0 Å². The van der Waals surface area contributed by atoms with E-state index in [9.17, 15) is 9.90 Å². The van der Waals surface area contributed by atoms with Gasteiger partial charge in [-0.25, -0.2) is 0 Å². The van der Waals surface area contributed by atoms with Crippen molar-refractivity contribution in [1.82, 2.24) is 0 Å². The smallest absolute Gasteiger partial charge is 0.157 e. The highest BCUT2D eigenvalue weighted by Gasteiger charge is 2.41. The highest BCUT2D eigenvalue weighted by Crippen LogP contribution is 2.19. The molecule has 3 heteroatoms. The Morgan fingerprint density at radius 2 is 1.80 bits per heavy atom. The van der Waals surface area contributed by atoms with E-state index in [-0.39, 0.29) is 5.78 Å². The number of carbonyl (C=O) groups is 1. The molecule has 0 fully saturated rings. The molecule has 2 nitrogen and oxygen atoms in total. The number of ketones is 1. The van der Waals surface area contributed by atoms with Gasteiger partial charge in [0.1, 0.15) is 5.22 Å². The molecule has 0 aromatic carbocycles. The summed E-state index contributed by atoms with van der Waals surface area (Å²) < 4.78 is 0. The zero-order chi connectivity index (χ0) is 8.58. The molecule has 0 bridgehead atoms. The number of aliphatic hydroxyl groups is 1. The lowest BCUT2D eigenvalue weighted by Crippen LogP contribution is -2.55. The van der Waals surface area contributed by atoms with Crippen molar-refractivity contribution >= 4 is 13.9 Å². The lowest BCUT2D eigenvalue weighted by Gasteiger charge is -2.32. The Hall–Kier alpha value is -0.153. The fraction of sp³-hybridized carbons (Fsp3) is 0.714. The fourth-order valence-corrected chi connectivity index (χ4v) is 1.58. The van der Waals surface area contributed by atoms with Crippen LogP contribution in [-0.4, -0.2) is 24.2 Å². The molecule has 0 aromatic rings. The van der Waals surface area contributed by atoms with E-state index in [0.29, 0.717) is 0 Å². The van der Waals surface area contributed by atoms with Crippen LogP contribution in [0.15, 0.2) is 0 Å². The van der Waals surface area contributed by atoms with E-state index >= 15 is 0 Å². The molecular formula is C7H15O2Si. The van der Waals surface area contributed by atoms with Crippen molar-refractivity contribution in [2.24, 2.45) is 0 Å². The minimum absolute atomic E-state index is 0.230. The van der Waals surface area contributed by atoms with Crippen molar-refractivity contribution in [3.05, 3.63) is 6.92 Å². The SMILES string of the molecule is [CH2]C(O)(C(C)=O)[Si](C)(C)C. The molecule has 0 heterocycles. The van der Waals surface area contributed by atoms with Gasteiger partial charge in [-0.2, -0.15) is 0 Å².